The zero-order chi connectivity index (χ0) is 21.8. The minimum atomic E-state index is -0.549. The highest BCUT2D eigenvalue weighted by atomic mass is 16.2. The van der Waals surface area contributed by atoms with E-state index in [1.807, 2.05) is 24.0 Å². The van der Waals surface area contributed by atoms with Crippen molar-refractivity contribution in [2.45, 2.75) is 26.7 Å². The SMILES string of the molecule is CCNC(=O)C(C#N)=Cc1c(N2CCC(C(N)=O)CC2)nc2c(C)cccn2c1=O. The average molecular weight is 408 g/mol. The highest BCUT2D eigenvalue weighted by Gasteiger charge is 2.27. The lowest BCUT2D eigenvalue weighted by molar-refractivity contribution is -0.122. The Balaban J connectivity index is 2.17. The summed E-state index contributed by atoms with van der Waals surface area (Å²) >= 11 is 0. The van der Waals surface area contributed by atoms with Crippen LogP contribution in [0.4, 0.5) is 5.82 Å². The van der Waals surface area contributed by atoms with E-state index in [0.717, 1.165) is 5.56 Å². The maximum atomic E-state index is 13.3. The largest absolute Gasteiger partial charge is 0.369 e. The predicted molar refractivity (Wildman–Crippen MR) is 113 cm³/mol. The Morgan fingerprint density at radius 2 is 2.10 bits per heavy atom. The average Bonchev–Trinajstić information content (AvgIpc) is 2.73. The molecule has 0 bridgehead atoms. The zero-order valence-corrected chi connectivity index (χ0v) is 17.0. The van der Waals surface area contributed by atoms with Gasteiger partial charge in [0.15, 0.2) is 0 Å². The molecule has 1 saturated heterocycles. The van der Waals surface area contributed by atoms with Crippen LogP contribution in [0.3, 0.4) is 0 Å². The van der Waals surface area contributed by atoms with Gasteiger partial charge >= 0.3 is 0 Å². The van der Waals surface area contributed by atoms with Gasteiger partial charge in [-0.2, -0.15) is 5.26 Å². The molecule has 2 aromatic rings. The Morgan fingerprint density at radius 3 is 2.70 bits per heavy atom. The second kappa shape index (κ2) is 8.78. The van der Waals surface area contributed by atoms with Crippen LogP contribution in [0.2, 0.25) is 0 Å². The van der Waals surface area contributed by atoms with Crippen molar-refractivity contribution in [3.05, 3.63) is 45.4 Å². The lowest BCUT2D eigenvalue weighted by Crippen LogP contribution is -2.40. The van der Waals surface area contributed by atoms with Crippen molar-refractivity contribution in [3.8, 4) is 6.07 Å². The van der Waals surface area contributed by atoms with E-state index in [0.29, 0.717) is 43.9 Å². The van der Waals surface area contributed by atoms with E-state index in [1.165, 1.54) is 10.5 Å². The maximum Gasteiger partial charge on any atom is 0.267 e. The topological polar surface area (TPSA) is 134 Å². The van der Waals surface area contributed by atoms with E-state index in [4.69, 9.17) is 10.7 Å². The number of nitrogens with two attached hydrogens (primary N) is 1. The first kappa shape index (κ1) is 21.0. The number of nitriles is 1. The molecule has 0 aromatic carbocycles. The van der Waals surface area contributed by atoms with Crippen LogP contribution < -0.4 is 21.5 Å². The van der Waals surface area contributed by atoms with Crippen LogP contribution in [0.1, 0.15) is 30.9 Å². The normalized spacial score (nSPS) is 15.1. The number of nitrogens with one attached hydrogen (secondary N) is 1. The summed E-state index contributed by atoms with van der Waals surface area (Å²) in [4.78, 5) is 43.6. The first-order valence-electron chi connectivity index (χ1n) is 9.83. The summed E-state index contributed by atoms with van der Waals surface area (Å²) in [7, 11) is 0. The van der Waals surface area contributed by atoms with Crippen molar-refractivity contribution in [1.82, 2.24) is 14.7 Å². The summed E-state index contributed by atoms with van der Waals surface area (Å²) in [6, 6.07) is 5.47. The van der Waals surface area contributed by atoms with E-state index in [-0.39, 0.29) is 28.5 Å². The molecule has 0 saturated carbocycles. The van der Waals surface area contributed by atoms with Gasteiger partial charge in [-0.3, -0.25) is 18.8 Å². The van der Waals surface area contributed by atoms with Crippen molar-refractivity contribution < 1.29 is 9.59 Å². The van der Waals surface area contributed by atoms with Gasteiger partial charge in [-0.15, -0.1) is 0 Å². The molecule has 3 N–H and O–H groups in total. The molecule has 1 aliphatic rings. The number of carbonyl (C=O) groups excluding carboxylic acids is 2. The molecule has 9 heteroatoms. The Morgan fingerprint density at radius 1 is 1.40 bits per heavy atom. The highest BCUT2D eigenvalue weighted by molar-refractivity contribution is 6.02. The molecule has 0 spiro atoms. The Hall–Kier alpha value is -3.67. The molecule has 0 unspecified atom stereocenters. The van der Waals surface area contributed by atoms with Gasteiger partial charge in [-0.25, -0.2) is 4.98 Å². The maximum absolute atomic E-state index is 13.3. The first-order valence-corrected chi connectivity index (χ1v) is 9.83. The number of piperidine rings is 1. The molecule has 1 aliphatic heterocycles. The third kappa shape index (κ3) is 4.03. The molecule has 156 valence electrons. The third-order valence-corrected chi connectivity index (χ3v) is 5.25. The van der Waals surface area contributed by atoms with Gasteiger partial charge in [0.2, 0.25) is 5.91 Å². The third-order valence-electron chi connectivity index (χ3n) is 5.25. The van der Waals surface area contributed by atoms with Gasteiger partial charge in [0.25, 0.3) is 11.5 Å². The summed E-state index contributed by atoms with van der Waals surface area (Å²) in [6.07, 6.45) is 4.00. The van der Waals surface area contributed by atoms with Gasteiger partial charge in [0.1, 0.15) is 23.1 Å². The van der Waals surface area contributed by atoms with Crippen LogP contribution in [-0.2, 0) is 9.59 Å². The number of hydrogen-bond donors (Lipinski definition) is 2. The molecule has 30 heavy (non-hydrogen) atoms. The molecule has 0 atom stereocenters. The van der Waals surface area contributed by atoms with E-state index in [1.54, 1.807) is 19.2 Å². The second-order valence-electron chi connectivity index (χ2n) is 7.23. The molecule has 2 amide bonds. The fourth-order valence-electron chi connectivity index (χ4n) is 3.59. The van der Waals surface area contributed by atoms with Crippen LogP contribution >= 0.6 is 0 Å². The number of nitrogens with zero attached hydrogens (tertiary/aromatic N) is 4. The van der Waals surface area contributed by atoms with E-state index in [2.05, 4.69) is 5.32 Å². The lowest BCUT2D eigenvalue weighted by Gasteiger charge is -2.32. The van der Waals surface area contributed by atoms with Crippen LogP contribution in [0.5, 0.6) is 0 Å². The van der Waals surface area contributed by atoms with Crippen molar-refractivity contribution in [2.24, 2.45) is 11.7 Å². The van der Waals surface area contributed by atoms with Crippen LogP contribution in [-0.4, -0.2) is 40.8 Å². The molecule has 9 nitrogen and oxygen atoms in total. The smallest absolute Gasteiger partial charge is 0.267 e. The molecular formula is C21H24N6O3. The summed E-state index contributed by atoms with van der Waals surface area (Å²) in [6.45, 7) is 4.95. The van der Waals surface area contributed by atoms with Gasteiger partial charge in [0.05, 0.1) is 5.56 Å². The van der Waals surface area contributed by atoms with E-state index < -0.39 is 5.91 Å². The van der Waals surface area contributed by atoms with Gasteiger partial charge in [0, 0.05) is 31.7 Å². The first-order chi connectivity index (χ1) is 14.4. The van der Waals surface area contributed by atoms with Crippen molar-refractivity contribution in [3.63, 3.8) is 0 Å². The fraction of sp³-hybridized carbons (Fsp3) is 0.381. The number of amides is 2. The summed E-state index contributed by atoms with van der Waals surface area (Å²) < 4.78 is 1.41. The molecule has 0 aliphatic carbocycles. The monoisotopic (exact) mass is 408 g/mol. The minimum Gasteiger partial charge on any atom is -0.369 e. The lowest BCUT2D eigenvalue weighted by atomic mass is 9.96. The number of carbonyl (C=O) groups is 2. The van der Waals surface area contributed by atoms with Crippen molar-refractivity contribution in [1.29, 1.82) is 5.26 Å². The Bertz CT molecular complexity index is 1120. The van der Waals surface area contributed by atoms with Gasteiger partial charge in [-0.1, -0.05) is 6.07 Å². The number of rotatable bonds is 5. The van der Waals surface area contributed by atoms with Crippen LogP contribution in [0, 0.1) is 24.2 Å². The Kier molecular flexibility index (Phi) is 6.16. The second-order valence-corrected chi connectivity index (χ2v) is 7.23. The Labute approximate surface area is 173 Å². The van der Waals surface area contributed by atoms with Crippen molar-refractivity contribution in [2.75, 3.05) is 24.5 Å². The summed E-state index contributed by atoms with van der Waals surface area (Å²) in [5, 5.41) is 12.0. The van der Waals surface area contributed by atoms with Crippen molar-refractivity contribution >= 4 is 29.4 Å². The fourth-order valence-corrected chi connectivity index (χ4v) is 3.59. The molecule has 2 aromatic heterocycles. The molecule has 3 rings (SSSR count). The number of hydrogen-bond acceptors (Lipinski definition) is 6. The van der Waals surface area contributed by atoms with Crippen LogP contribution in [0.25, 0.3) is 11.7 Å². The number of anilines is 1. The molecule has 3 heterocycles. The number of likely N-dealkylation sites (N-methyl/N-ethyl adjacent to an activating group) is 1. The number of aromatic nitrogens is 2. The number of fused-ring (bicyclic) bond motifs is 1. The van der Waals surface area contributed by atoms with Gasteiger partial charge < -0.3 is 16.0 Å². The molecular weight excluding hydrogens is 384 g/mol. The molecule has 1 fully saturated rings. The quantitative estimate of drug-likeness (QED) is 0.554. The highest BCUT2D eigenvalue weighted by Crippen LogP contribution is 2.26. The van der Waals surface area contributed by atoms with Crippen LogP contribution in [0.15, 0.2) is 28.7 Å². The zero-order valence-electron chi connectivity index (χ0n) is 17.0. The minimum absolute atomic E-state index is 0.165. The summed E-state index contributed by atoms with van der Waals surface area (Å²) in [5.41, 5.74) is 6.38. The standard InChI is InChI=1S/C21H24N6O3/c1-3-24-20(29)15(12-22)11-16-19(26-9-6-14(7-10-26)17(23)28)25-18-13(2)5-4-8-27(18)21(16)30/h4-5,8,11,14H,3,6-7,9-10H2,1-2H3,(H2,23,28)(H,24,29). The van der Waals surface area contributed by atoms with E-state index in [9.17, 15) is 19.6 Å². The number of pyridine rings is 1. The molecule has 0 radical (unpaired) electrons. The van der Waals surface area contributed by atoms with Gasteiger partial charge in [-0.05, 0) is 44.4 Å². The number of aryl methyl sites for hydroxylation is 1. The predicted octanol–water partition coefficient (Wildman–Crippen LogP) is 0.748. The number of primary amides is 1. The van der Waals surface area contributed by atoms with E-state index >= 15 is 0 Å². The summed E-state index contributed by atoms with van der Waals surface area (Å²) in [5.74, 6) is -0.699.